The highest BCUT2D eigenvalue weighted by atomic mass is 16.5. The molecule has 0 aliphatic heterocycles. The highest BCUT2D eigenvalue weighted by Gasteiger charge is 2.22. The molecule has 0 aromatic heterocycles. The van der Waals surface area contributed by atoms with Crippen LogP contribution in [0.3, 0.4) is 0 Å². The van der Waals surface area contributed by atoms with Crippen molar-refractivity contribution in [2.45, 2.75) is 44.8 Å². The van der Waals surface area contributed by atoms with Gasteiger partial charge in [0.1, 0.15) is 5.75 Å². The van der Waals surface area contributed by atoms with Gasteiger partial charge >= 0.3 is 0 Å². The van der Waals surface area contributed by atoms with Crippen molar-refractivity contribution in [1.29, 1.82) is 0 Å². The fourth-order valence-electron chi connectivity index (χ4n) is 2.56. The molecule has 1 aromatic rings. The number of methoxy groups -OCH3 is 2. The molecule has 2 atom stereocenters. The van der Waals surface area contributed by atoms with E-state index < -0.39 is 0 Å². The number of hydrogen-bond donors (Lipinski definition) is 1. The zero-order valence-electron chi connectivity index (χ0n) is 12.9. The first-order valence-corrected chi connectivity index (χ1v) is 7.60. The van der Waals surface area contributed by atoms with Crippen molar-refractivity contribution < 1.29 is 9.47 Å². The lowest BCUT2D eigenvalue weighted by molar-refractivity contribution is 0.0945. The maximum Gasteiger partial charge on any atom is 0.119 e. The van der Waals surface area contributed by atoms with Gasteiger partial charge in [-0.1, -0.05) is 12.1 Å². The van der Waals surface area contributed by atoms with E-state index >= 15 is 0 Å². The van der Waals surface area contributed by atoms with Gasteiger partial charge in [-0.25, -0.2) is 0 Å². The van der Waals surface area contributed by atoms with Crippen LogP contribution in [0.2, 0.25) is 0 Å². The predicted octanol–water partition coefficient (Wildman–Crippen LogP) is 3.03. The standard InChI is InChI=1S/C17H27NO2/c1-13(19-2)9-15(12-18-16-7-8-16)10-14-5-4-6-17(11-14)20-3/h4-6,11,13,15-16,18H,7-10,12H2,1-3H3. The van der Waals surface area contributed by atoms with Gasteiger partial charge in [0.2, 0.25) is 0 Å². The molecule has 0 amide bonds. The third-order valence-corrected chi connectivity index (χ3v) is 4.00. The molecular weight excluding hydrogens is 250 g/mol. The van der Waals surface area contributed by atoms with Crippen LogP contribution in [-0.4, -0.2) is 32.9 Å². The first kappa shape index (κ1) is 15.3. The van der Waals surface area contributed by atoms with Gasteiger partial charge < -0.3 is 14.8 Å². The van der Waals surface area contributed by atoms with Crippen LogP contribution in [0.25, 0.3) is 0 Å². The summed E-state index contributed by atoms with van der Waals surface area (Å²) < 4.78 is 10.7. The Bertz CT molecular complexity index is 404. The normalized spacial score (nSPS) is 17.8. The molecule has 112 valence electrons. The second kappa shape index (κ2) is 7.65. The van der Waals surface area contributed by atoms with E-state index in [4.69, 9.17) is 9.47 Å². The molecule has 0 spiro atoms. The molecule has 1 aliphatic carbocycles. The Morgan fingerprint density at radius 1 is 1.30 bits per heavy atom. The van der Waals surface area contributed by atoms with Gasteiger partial charge in [0.15, 0.2) is 0 Å². The van der Waals surface area contributed by atoms with Crippen LogP contribution in [0.4, 0.5) is 0 Å². The van der Waals surface area contributed by atoms with E-state index in [-0.39, 0.29) is 0 Å². The van der Waals surface area contributed by atoms with E-state index in [0.717, 1.165) is 31.2 Å². The Balaban J connectivity index is 1.92. The monoisotopic (exact) mass is 277 g/mol. The molecule has 1 fully saturated rings. The maximum atomic E-state index is 5.43. The smallest absolute Gasteiger partial charge is 0.119 e. The number of ether oxygens (including phenoxy) is 2. The van der Waals surface area contributed by atoms with E-state index in [1.165, 1.54) is 18.4 Å². The molecule has 2 unspecified atom stereocenters. The Morgan fingerprint density at radius 2 is 2.10 bits per heavy atom. The maximum absolute atomic E-state index is 5.43. The van der Waals surface area contributed by atoms with Crippen LogP contribution in [-0.2, 0) is 11.2 Å². The van der Waals surface area contributed by atoms with Crippen LogP contribution >= 0.6 is 0 Å². The van der Waals surface area contributed by atoms with Crippen LogP contribution < -0.4 is 10.1 Å². The minimum Gasteiger partial charge on any atom is -0.497 e. The average Bonchev–Trinajstić information content (AvgIpc) is 3.29. The Labute approximate surface area is 122 Å². The second-order valence-electron chi connectivity index (χ2n) is 5.89. The fraction of sp³-hybridized carbons (Fsp3) is 0.647. The molecule has 3 heteroatoms. The molecule has 0 radical (unpaired) electrons. The Kier molecular flexibility index (Phi) is 5.86. The van der Waals surface area contributed by atoms with Crippen molar-refractivity contribution >= 4 is 0 Å². The lowest BCUT2D eigenvalue weighted by atomic mass is 9.93. The summed E-state index contributed by atoms with van der Waals surface area (Å²) in [7, 11) is 3.51. The molecule has 1 saturated carbocycles. The number of hydrogen-bond acceptors (Lipinski definition) is 3. The topological polar surface area (TPSA) is 30.5 Å². The van der Waals surface area contributed by atoms with E-state index in [1.807, 2.05) is 6.07 Å². The van der Waals surface area contributed by atoms with Crippen LogP contribution in [0, 0.1) is 5.92 Å². The lowest BCUT2D eigenvalue weighted by Crippen LogP contribution is -2.28. The summed E-state index contributed by atoms with van der Waals surface area (Å²) in [5, 5.41) is 3.65. The van der Waals surface area contributed by atoms with Crippen molar-refractivity contribution in [2.24, 2.45) is 5.92 Å². The zero-order valence-corrected chi connectivity index (χ0v) is 12.9. The Morgan fingerprint density at radius 3 is 2.75 bits per heavy atom. The summed E-state index contributed by atoms with van der Waals surface area (Å²) in [4.78, 5) is 0. The second-order valence-corrected chi connectivity index (χ2v) is 5.89. The van der Waals surface area contributed by atoms with Gasteiger partial charge in [-0.3, -0.25) is 0 Å². The van der Waals surface area contributed by atoms with Crippen molar-refractivity contribution in [1.82, 2.24) is 5.32 Å². The SMILES string of the molecule is COc1cccc(CC(CNC2CC2)CC(C)OC)c1. The van der Waals surface area contributed by atoms with Crippen LogP contribution in [0.15, 0.2) is 24.3 Å². The fourth-order valence-corrected chi connectivity index (χ4v) is 2.56. The van der Waals surface area contributed by atoms with Crippen molar-refractivity contribution in [3.63, 3.8) is 0 Å². The number of benzene rings is 1. The first-order chi connectivity index (χ1) is 9.71. The molecule has 0 bridgehead atoms. The minimum absolute atomic E-state index is 0.312. The van der Waals surface area contributed by atoms with Gasteiger partial charge in [0, 0.05) is 13.2 Å². The third kappa shape index (κ3) is 5.14. The quantitative estimate of drug-likeness (QED) is 0.752. The summed E-state index contributed by atoms with van der Waals surface area (Å²) in [6.45, 7) is 3.23. The lowest BCUT2D eigenvalue weighted by Gasteiger charge is -2.21. The van der Waals surface area contributed by atoms with Gasteiger partial charge in [0.25, 0.3) is 0 Å². The van der Waals surface area contributed by atoms with Gasteiger partial charge in [-0.15, -0.1) is 0 Å². The summed E-state index contributed by atoms with van der Waals surface area (Å²) in [6, 6.07) is 9.16. The molecule has 1 aromatic carbocycles. The van der Waals surface area contributed by atoms with Crippen molar-refractivity contribution in [2.75, 3.05) is 20.8 Å². The highest BCUT2D eigenvalue weighted by molar-refractivity contribution is 5.28. The van der Waals surface area contributed by atoms with Crippen molar-refractivity contribution in [3.8, 4) is 5.75 Å². The van der Waals surface area contributed by atoms with Crippen molar-refractivity contribution in [3.05, 3.63) is 29.8 Å². The molecular formula is C17H27NO2. The number of nitrogens with one attached hydrogen (secondary N) is 1. The average molecular weight is 277 g/mol. The first-order valence-electron chi connectivity index (χ1n) is 7.60. The van der Waals surface area contributed by atoms with Gasteiger partial charge in [-0.2, -0.15) is 0 Å². The molecule has 20 heavy (non-hydrogen) atoms. The van der Waals surface area contributed by atoms with E-state index in [9.17, 15) is 0 Å². The van der Waals surface area contributed by atoms with Gasteiger partial charge in [-0.05, 0) is 62.8 Å². The Hall–Kier alpha value is -1.06. The molecule has 1 aliphatic rings. The largest absolute Gasteiger partial charge is 0.497 e. The van der Waals surface area contributed by atoms with E-state index in [0.29, 0.717) is 12.0 Å². The third-order valence-electron chi connectivity index (χ3n) is 4.00. The molecule has 3 nitrogen and oxygen atoms in total. The molecule has 1 N–H and O–H groups in total. The summed E-state index contributed by atoms with van der Waals surface area (Å²) in [6.07, 6.45) is 5.15. The summed E-state index contributed by atoms with van der Waals surface area (Å²) in [5.41, 5.74) is 1.34. The minimum atomic E-state index is 0.312. The van der Waals surface area contributed by atoms with E-state index in [1.54, 1.807) is 14.2 Å². The molecule has 2 rings (SSSR count). The van der Waals surface area contributed by atoms with Crippen LogP contribution in [0.1, 0.15) is 31.7 Å². The molecule has 0 saturated heterocycles. The number of rotatable bonds is 9. The predicted molar refractivity (Wildman–Crippen MR) is 82.3 cm³/mol. The van der Waals surface area contributed by atoms with Crippen LogP contribution in [0.5, 0.6) is 5.75 Å². The summed E-state index contributed by atoms with van der Waals surface area (Å²) >= 11 is 0. The van der Waals surface area contributed by atoms with Gasteiger partial charge in [0.05, 0.1) is 13.2 Å². The highest BCUT2D eigenvalue weighted by Crippen LogP contribution is 2.22. The molecule has 0 heterocycles. The zero-order chi connectivity index (χ0) is 14.4. The van der Waals surface area contributed by atoms with E-state index in [2.05, 4.69) is 30.4 Å². The summed E-state index contributed by atoms with van der Waals surface area (Å²) in [5.74, 6) is 1.55.